The van der Waals surface area contributed by atoms with Crippen LogP contribution < -0.4 is 0 Å². The SMILES string of the molecule is CCC1O[C@H]([C@H](C)c2ccc(Br)cc2C(F)(F)F)C(OCc2ccccc2)[C@@H](C)[C@@H]1C. The zero-order chi connectivity index (χ0) is 22.8. The summed E-state index contributed by atoms with van der Waals surface area (Å²) in [4.78, 5) is 0. The zero-order valence-corrected chi connectivity index (χ0v) is 19.9. The molecule has 6 heteroatoms. The molecule has 31 heavy (non-hydrogen) atoms. The fraction of sp³-hybridized carbons (Fsp3) is 0.520. The van der Waals surface area contributed by atoms with Gasteiger partial charge in [0.1, 0.15) is 0 Å². The second-order valence-electron chi connectivity index (χ2n) is 8.54. The predicted molar refractivity (Wildman–Crippen MR) is 120 cm³/mol. The minimum Gasteiger partial charge on any atom is -0.371 e. The van der Waals surface area contributed by atoms with E-state index in [1.54, 1.807) is 12.1 Å². The molecule has 0 spiro atoms. The summed E-state index contributed by atoms with van der Waals surface area (Å²) in [6, 6.07) is 14.2. The summed E-state index contributed by atoms with van der Waals surface area (Å²) in [6.07, 6.45) is -4.42. The lowest BCUT2D eigenvalue weighted by atomic mass is 9.76. The Labute approximate surface area is 191 Å². The molecule has 0 radical (unpaired) electrons. The molecule has 2 aromatic rings. The largest absolute Gasteiger partial charge is 0.416 e. The molecular formula is C25H30BrF3O2. The Morgan fingerprint density at radius 2 is 1.74 bits per heavy atom. The van der Waals surface area contributed by atoms with Crippen LogP contribution in [0.5, 0.6) is 0 Å². The Morgan fingerprint density at radius 1 is 1.06 bits per heavy atom. The zero-order valence-electron chi connectivity index (χ0n) is 18.3. The van der Waals surface area contributed by atoms with Gasteiger partial charge in [-0.05, 0) is 41.5 Å². The van der Waals surface area contributed by atoms with Gasteiger partial charge >= 0.3 is 6.18 Å². The van der Waals surface area contributed by atoms with E-state index in [0.29, 0.717) is 11.1 Å². The van der Waals surface area contributed by atoms with E-state index in [-0.39, 0.29) is 29.6 Å². The lowest BCUT2D eigenvalue weighted by molar-refractivity contribution is -0.197. The van der Waals surface area contributed by atoms with Gasteiger partial charge in [0.25, 0.3) is 0 Å². The Balaban J connectivity index is 1.94. The van der Waals surface area contributed by atoms with Gasteiger partial charge < -0.3 is 9.47 Å². The fourth-order valence-corrected chi connectivity index (χ4v) is 4.93. The average molecular weight is 499 g/mol. The molecule has 1 aliphatic heterocycles. The third kappa shape index (κ3) is 5.52. The van der Waals surface area contributed by atoms with Crippen molar-refractivity contribution >= 4 is 15.9 Å². The minimum absolute atomic E-state index is 0.0104. The summed E-state index contributed by atoms with van der Waals surface area (Å²) < 4.78 is 54.6. The molecule has 0 aromatic heterocycles. The molecule has 2 nitrogen and oxygen atoms in total. The number of hydrogen-bond acceptors (Lipinski definition) is 2. The maximum absolute atomic E-state index is 13.8. The van der Waals surface area contributed by atoms with Crippen molar-refractivity contribution in [3.63, 3.8) is 0 Å². The highest BCUT2D eigenvalue weighted by Gasteiger charge is 2.45. The van der Waals surface area contributed by atoms with Crippen LogP contribution in [0.4, 0.5) is 13.2 Å². The number of alkyl halides is 3. The van der Waals surface area contributed by atoms with Gasteiger partial charge in [0.2, 0.25) is 0 Å². The van der Waals surface area contributed by atoms with Crippen molar-refractivity contribution in [1.82, 2.24) is 0 Å². The molecule has 0 N–H and O–H groups in total. The normalized spacial score (nSPS) is 27.8. The highest BCUT2D eigenvalue weighted by atomic mass is 79.9. The Hall–Kier alpha value is -1.37. The van der Waals surface area contributed by atoms with Gasteiger partial charge in [-0.3, -0.25) is 0 Å². The highest BCUT2D eigenvalue weighted by molar-refractivity contribution is 9.10. The molecule has 1 aliphatic rings. The molecular weight excluding hydrogens is 469 g/mol. The van der Waals surface area contributed by atoms with Crippen molar-refractivity contribution in [3.05, 3.63) is 69.7 Å². The molecule has 170 valence electrons. The summed E-state index contributed by atoms with van der Waals surface area (Å²) in [6.45, 7) is 8.54. The molecule has 2 unspecified atom stereocenters. The van der Waals surface area contributed by atoms with Gasteiger partial charge in [-0.1, -0.05) is 80.0 Å². The van der Waals surface area contributed by atoms with Crippen LogP contribution in [0.1, 0.15) is 56.7 Å². The Morgan fingerprint density at radius 3 is 2.35 bits per heavy atom. The van der Waals surface area contributed by atoms with Crippen LogP contribution in [0.3, 0.4) is 0 Å². The first-order valence-corrected chi connectivity index (χ1v) is 11.6. The third-order valence-corrected chi connectivity index (χ3v) is 7.07. The molecule has 0 saturated carbocycles. The molecule has 6 atom stereocenters. The van der Waals surface area contributed by atoms with E-state index in [1.165, 1.54) is 0 Å². The first-order valence-electron chi connectivity index (χ1n) is 10.8. The van der Waals surface area contributed by atoms with E-state index in [1.807, 2.05) is 37.3 Å². The van der Waals surface area contributed by atoms with Crippen LogP contribution in [0, 0.1) is 11.8 Å². The molecule has 1 heterocycles. The summed E-state index contributed by atoms with van der Waals surface area (Å²) >= 11 is 3.18. The van der Waals surface area contributed by atoms with Crippen LogP contribution in [0.15, 0.2) is 53.0 Å². The van der Waals surface area contributed by atoms with Gasteiger partial charge in [-0.25, -0.2) is 0 Å². The first kappa shape index (κ1) is 24.3. The van der Waals surface area contributed by atoms with Gasteiger partial charge in [0, 0.05) is 10.4 Å². The van der Waals surface area contributed by atoms with Gasteiger partial charge in [-0.15, -0.1) is 0 Å². The second kappa shape index (κ2) is 10.1. The van der Waals surface area contributed by atoms with E-state index in [2.05, 4.69) is 36.7 Å². The predicted octanol–water partition coefficient (Wildman–Crippen LogP) is 7.61. The molecule has 0 aliphatic carbocycles. The first-order chi connectivity index (χ1) is 14.6. The maximum atomic E-state index is 13.8. The monoisotopic (exact) mass is 498 g/mol. The van der Waals surface area contributed by atoms with Crippen molar-refractivity contribution in [3.8, 4) is 0 Å². The molecule has 0 bridgehead atoms. The molecule has 1 fully saturated rings. The number of ether oxygens (including phenoxy) is 2. The Bertz CT molecular complexity index is 856. The summed E-state index contributed by atoms with van der Waals surface area (Å²) in [5.41, 5.74) is 0.649. The molecule has 3 rings (SSSR count). The third-order valence-electron chi connectivity index (χ3n) is 6.58. The summed E-state index contributed by atoms with van der Waals surface area (Å²) in [5.74, 6) is -0.0737. The fourth-order valence-electron chi connectivity index (χ4n) is 4.57. The van der Waals surface area contributed by atoms with Crippen LogP contribution in [-0.2, 0) is 22.3 Å². The average Bonchev–Trinajstić information content (AvgIpc) is 2.74. The minimum atomic E-state index is -4.44. The second-order valence-corrected chi connectivity index (χ2v) is 9.46. The van der Waals surface area contributed by atoms with E-state index in [4.69, 9.17) is 9.47 Å². The molecule has 0 amide bonds. The van der Waals surface area contributed by atoms with Gasteiger partial charge in [0.05, 0.1) is 30.5 Å². The van der Waals surface area contributed by atoms with E-state index >= 15 is 0 Å². The number of benzene rings is 2. The smallest absolute Gasteiger partial charge is 0.371 e. The van der Waals surface area contributed by atoms with Crippen LogP contribution in [0.25, 0.3) is 0 Å². The van der Waals surface area contributed by atoms with E-state index in [9.17, 15) is 13.2 Å². The summed E-state index contributed by atoms with van der Waals surface area (Å²) in [5, 5.41) is 0. The van der Waals surface area contributed by atoms with Crippen molar-refractivity contribution < 1.29 is 22.6 Å². The Kier molecular flexibility index (Phi) is 7.87. The maximum Gasteiger partial charge on any atom is 0.416 e. The highest BCUT2D eigenvalue weighted by Crippen LogP contribution is 2.43. The molecule has 1 saturated heterocycles. The lowest BCUT2D eigenvalue weighted by Gasteiger charge is -2.47. The number of rotatable bonds is 6. The van der Waals surface area contributed by atoms with E-state index in [0.717, 1.165) is 18.1 Å². The van der Waals surface area contributed by atoms with Crippen molar-refractivity contribution in [1.29, 1.82) is 0 Å². The number of halogens is 4. The van der Waals surface area contributed by atoms with Crippen LogP contribution in [0.2, 0.25) is 0 Å². The van der Waals surface area contributed by atoms with Crippen molar-refractivity contribution in [2.75, 3.05) is 0 Å². The van der Waals surface area contributed by atoms with Gasteiger partial charge in [-0.2, -0.15) is 13.2 Å². The van der Waals surface area contributed by atoms with Crippen LogP contribution >= 0.6 is 15.9 Å². The lowest BCUT2D eigenvalue weighted by Crippen LogP contribution is -2.52. The van der Waals surface area contributed by atoms with Crippen molar-refractivity contribution in [2.45, 2.75) is 71.1 Å². The topological polar surface area (TPSA) is 18.5 Å². The van der Waals surface area contributed by atoms with E-state index < -0.39 is 23.8 Å². The van der Waals surface area contributed by atoms with Crippen LogP contribution in [-0.4, -0.2) is 18.3 Å². The summed E-state index contributed by atoms with van der Waals surface area (Å²) in [7, 11) is 0. The quantitative estimate of drug-likeness (QED) is 0.407. The van der Waals surface area contributed by atoms with Gasteiger partial charge in [0.15, 0.2) is 0 Å². The number of hydrogen-bond donors (Lipinski definition) is 0. The molecule has 2 aromatic carbocycles. The van der Waals surface area contributed by atoms with Crippen molar-refractivity contribution in [2.24, 2.45) is 11.8 Å². The standard InChI is InChI=1S/C25H30BrF3O2/c1-5-22-15(2)16(3)23(30-14-18-9-7-6-8-10-18)24(31-22)17(4)20-12-11-19(26)13-21(20)25(27,28)29/h6-13,15-17,22-24H,5,14H2,1-4H3/t15-,16-,17+,22?,23?,24+/m0/s1.